The monoisotopic (exact) mass is 758 g/mol. The number of carbonyl (C=O) groups excluding carboxylic acids is 1. The molecule has 1 amide bonds. The van der Waals surface area contributed by atoms with Crippen molar-refractivity contribution in [3.8, 4) is 0 Å². The van der Waals surface area contributed by atoms with E-state index in [0.717, 1.165) is 22.8 Å². The van der Waals surface area contributed by atoms with Gasteiger partial charge in [0, 0.05) is 18.5 Å². The third-order valence-corrected chi connectivity index (χ3v) is 10.0. The summed E-state index contributed by atoms with van der Waals surface area (Å²) in [6, 6.07) is -0.513. The highest BCUT2D eigenvalue weighted by Gasteiger charge is 2.61. The molecular formula is C30H30F12N2O5S. The summed E-state index contributed by atoms with van der Waals surface area (Å²) in [5.74, 6) is -0.248. The third-order valence-electron chi connectivity index (χ3n) is 8.80. The number of alkyl halides is 12. The number of halogens is 12. The number of sulfonamides is 1. The van der Waals surface area contributed by atoms with E-state index in [-0.39, 0.29) is 41.9 Å². The summed E-state index contributed by atoms with van der Waals surface area (Å²) in [6.07, 6.45) is -18.8. The Morgan fingerprint density at radius 1 is 0.960 bits per heavy atom. The molecule has 3 aliphatic rings. The first-order valence-corrected chi connectivity index (χ1v) is 16.1. The fraction of sp³-hybridized carbons (Fsp3) is 0.567. The second kappa shape index (κ2) is 12.7. The van der Waals surface area contributed by atoms with E-state index in [1.807, 2.05) is 0 Å². The number of cyclic esters (lactones) is 1. The number of ether oxygens (including phenoxy) is 2. The SMILES string of the molecule is COC1=CCC(NS(=O)(=O)C(F)(F)F)(C(F)(F)F)C=C1C1=C(CN2C(=O)O[C@H](c3cc(C(F)(F)F)cc(C(F)(F)F)c3)[C@@H]2C)CC(C)(C)CC1. The lowest BCUT2D eigenvalue weighted by Gasteiger charge is -2.40. The van der Waals surface area contributed by atoms with Crippen molar-refractivity contribution in [3.63, 3.8) is 0 Å². The number of nitrogens with zero attached hydrogens (tertiary/aromatic N) is 1. The average molecular weight is 759 g/mol. The number of methoxy groups -OCH3 is 1. The Morgan fingerprint density at radius 3 is 2.00 bits per heavy atom. The predicted octanol–water partition coefficient (Wildman–Crippen LogP) is 8.71. The minimum Gasteiger partial charge on any atom is -0.496 e. The first kappa shape index (κ1) is 39.4. The summed E-state index contributed by atoms with van der Waals surface area (Å²) in [5, 5.41) is 0. The van der Waals surface area contributed by atoms with Crippen molar-refractivity contribution in [2.75, 3.05) is 13.7 Å². The Hall–Kier alpha value is -3.42. The zero-order valence-electron chi connectivity index (χ0n) is 26.5. The third kappa shape index (κ3) is 7.74. The maximum Gasteiger partial charge on any atom is 0.511 e. The van der Waals surface area contributed by atoms with Gasteiger partial charge in [0.1, 0.15) is 11.9 Å². The van der Waals surface area contributed by atoms with E-state index in [1.165, 1.54) is 6.92 Å². The van der Waals surface area contributed by atoms with Crippen LogP contribution in [0, 0.1) is 5.41 Å². The van der Waals surface area contributed by atoms with Crippen molar-refractivity contribution in [2.45, 2.75) is 88.2 Å². The molecule has 0 saturated carbocycles. The van der Waals surface area contributed by atoms with Gasteiger partial charge in [-0.15, -0.1) is 0 Å². The van der Waals surface area contributed by atoms with Gasteiger partial charge >= 0.3 is 40.2 Å². The van der Waals surface area contributed by atoms with Crippen LogP contribution < -0.4 is 4.72 Å². The van der Waals surface area contributed by atoms with Gasteiger partial charge in [0.15, 0.2) is 5.54 Å². The zero-order chi connectivity index (χ0) is 38.0. The second-order valence-corrected chi connectivity index (χ2v) is 14.7. The summed E-state index contributed by atoms with van der Waals surface area (Å²) in [6.45, 7) is 4.33. The highest BCUT2D eigenvalue weighted by atomic mass is 32.2. The maximum atomic E-state index is 14.5. The Morgan fingerprint density at radius 2 is 1.52 bits per heavy atom. The molecule has 0 radical (unpaired) electrons. The van der Waals surface area contributed by atoms with Gasteiger partial charge in [-0.3, -0.25) is 4.90 Å². The van der Waals surface area contributed by atoms with Crippen molar-refractivity contribution in [1.82, 2.24) is 9.62 Å². The van der Waals surface area contributed by atoms with E-state index in [4.69, 9.17) is 9.47 Å². The van der Waals surface area contributed by atoms with E-state index in [2.05, 4.69) is 0 Å². The van der Waals surface area contributed by atoms with Gasteiger partial charge in [0.2, 0.25) is 0 Å². The quantitative estimate of drug-likeness (QED) is 0.282. The molecule has 7 nitrogen and oxygen atoms in total. The van der Waals surface area contributed by atoms with E-state index >= 15 is 0 Å². The van der Waals surface area contributed by atoms with Gasteiger partial charge in [-0.05, 0) is 78.7 Å². The van der Waals surface area contributed by atoms with Gasteiger partial charge in [0.05, 0.1) is 24.3 Å². The molecule has 0 bridgehead atoms. The smallest absolute Gasteiger partial charge is 0.496 e. The standard InChI is InChI=1S/C30H30F12N2O5S/c1-15-23(16-9-18(27(31,32)33)11-19(10-16)28(34,35)36)49-24(45)44(15)14-17-12-25(2,3)7-5-20(17)21-13-26(29(37,38)39,8-6-22(21)48-4)43-50(46,47)30(40,41)42/h6,9-11,13,15,23,43H,5,7-8,12,14H2,1-4H3/t15-,23-,26?/m0/s1. The van der Waals surface area contributed by atoms with Gasteiger partial charge in [-0.1, -0.05) is 13.8 Å². The van der Waals surface area contributed by atoms with Crippen LogP contribution in [0.1, 0.15) is 69.2 Å². The lowest BCUT2D eigenvalue weighted by Crippen LogP contribution is -2.60. The molecule has 1 aromatic carbocycles. The van der Waals surface area contributed by atoms with Gasteiger partial charge in [0.25, 0.3) is 0 Å². The summed E-state index contributed by atoms with van der Waals surface area (Å²) in [4.78, 5) is 14.1. The van der Waals surface area contributed by atoms with Crippen LogP contribution in [0.2, 0.25) is 0 Å². The Bertz CT molecular complexity index is 1690. The minimum absolute atomic E-state index is 0.0436. The van der Waals surface area contributed by atoms with Gasteiger partial charge in [-0.2, -0.15) is 57.4 Å². The molecule has 280 valence electrons. The van der Waals surface area contributed by atoms with Gasteiger partial charge < -0.3 is 9.47 Å². The highest BCUT2D eigenvalue weighted by Crippen LogP contribution is 2.49. The van der Waals surface area contributed by atoms with Crippen molar-refractivity contribution < 1.29 is 75.4 Å². The number of rotatable bonds is 7. The molecule has 50 heavy (non-hydrogen) atoms. The summed E-state index contributed by atoms with van der Waals surface area (Å²) >= 11 is 0. The van der Waals surface area contributed by atoms with E-state index in [0.29, 0.717) is 18.6 Å². The van der Waals surface area contributed by atoms with Crippen molar-refractivity contribution in [2.24, 2.45) is 5.41 Å². The highest BCUT2D eigenvalue weighted by molar-refractivity contribution is 7.90. The molecule has 1 aromatic rings. The molecule has 2 aliphatic carbocycles. The van der Waals surface area contributed by atoms with E-state index in [1.54, 1.807) is 13.8 Å². The number of benzene rings is 1. The number of carbonyl (C=O) groups is 1. The van der Waals surface area contributed by atoms with Crippen LogP contribution in [0.15, 0.2) is 52.8 Å². The molecule has 0 aromatic heterocycles. The molecule has 1 saturated heterocycles. The fourth-order valence-electron chi connectivity index (χ4n) is 6.19. The molecular weight excluding hydrogens is 728 g/mol. The Kier molecular flexibility index (Phi) is 9.97. The molecule has 4 rings (SSSR count). The Labute approximate surface area is 278 Å². The summed E-state index contributed by atoms with van der Waals surface area (Å²) < 4.78 is 200. The zero-order valence-corrected chi connectivity index (χ0v) is 27.3. The van der Waals surface area contributed by atoms with Crippen molar-refractivity contribution in [1.29, 1.82) is 0 Å². The number of allylic oxidation sites excluding steroid dienone is 1. The lowest BCUT2D eigenvalue weighted by molar-refractivity contribution is -0.176. The molecule has 1 aliphatic heterocycles. The topological polar surface area (TPSA) is 84.9 Å². The van der Waals surface area contributed by atoms with Crippen LogP contribution in [-0.4, -0.2) is 56.3 Å². The molecule has 20 heteroatoms. The second-order valence-electron chi connectivity index (χ2n) is 13.0. The van der Waals surface area contributed by atoms with Crippen LogP contribution in [0.4, 0.5) is 57.5 Å². The number of amides is 1. The van der Waals surface area contributed by atoms with Gasteiger partial charge in [-0.25, -0.2) is 13.2 Å². The molecule has 1 unspecified atom stereocenters. The first-order valence-electron chi connectivity index (χ1n) is 14.6. The lowest BCUT2D eigenvalue weighted by atomic mass is 9.71. The normalized spacial score (nSPS) is 25.4. The number of nitrogens with one attached hydrogen (secondary N) is 1. The largest absolute Gasteiger partial charge is 0.511 e. The molecule has 1 fully saturated rings. The summed E-state index contributed by atoms with van der Waals surface area (Å²) in [5.41, 5.74) is -14.5. The number of hydrogen-bond acceptors (Lipinski definition) is 5. The van der Waals surface area contributed by atoms with Crippen molar-refractivity contribution >= 4 is 16.1 Å². The van der Waals surface area contributed by atoms with Crippen LogP contribution in [0.3, 0.4) is 0 Å². The van der Waals surface area contributed by atoms with E-state index < -0.39 is 98.5 Å². The van der Waals surface area contributed by atoms with E-state index in [9.17, 15) is 65.9 Å². The molecule has 3 atom stereocenters. The minimum atomic E-state index is -6.55. The maximum absolute atomic E-state index is 14.5. The molecule has 1 N–H and O–H groups in total. The molecule has 0 spiro atoms. The summed E-state index contributed by atoms with van der Waals surface area (Å²) in [7, 11) is -5.49. The molecule has 1 heterocycles. The number of hydrogen-bond donors (Lipinski definition) is 1. The van der Waals surface area contributed by atoms with Crippen LogP contribution >= 0.6 is 0 Å². The average Bonchev–Trinajstić information content (AvgIpc) is 3.23. The Balaban J connectivity index is 1.83. The first-order chi connectivity index (χ1) is 22.5. The fourth-order valence-corrected chi connectivity index (χ4v) is 7.04. The predicted molar refractivity (Wildman–Crippen MR) is 151 cm³/mol. The van der Waals surface area contributed by atoms with Crippen LogP contribution in [0.5, 0.6) is 0 Å². The van der Waals surface area contributed by atoms with Crippen molar-refractivity contribution in [3.05, 3.63) is 69.5 Å². The van der Waals surface area contributed by atoms with Crippen LogP contribution in [-0.2, 0) is 31.8 Å². The van der Waals surface area contributed by atoms with Crippen LogP contribution in [0.25, 0.3) is 0 Å².